The summed E-state index contributed by atoms with van der Waals surface area (Å²) in [5, 5.41) is 9.96. The van der Waals surface area contributed by atoms with Crippen LogP contribution in [0, 0.1) is 0 Å². The van der Waals surface area contributed by atoms with Gasteiger partial charge in [0.05, 0.1) is 11.5 Å². The first-order valence-corrected chi connectivity index (χ1v) is 10.6. The molecule has 9 heteroatoms. The van der Waals surface area contributed by atoms with Gasteiger partial charge < -0.3 is 9.84 Å². The van der Waals surface area contributed by atoms with Crippen molar-refractivity contribution in [3.8, 4) is 0 Å². The highest BCUT2D eigenvalue weighted by Crippen LogP contribution is 2.31. The van der Waals surface area contributed by atoms with Crippen molar-refractivity contribution in [3.63, 3.8) is 0 Å². The summed E-state index contributed by atoms with van der Waals surface area (Å²) < 4.78 is 32.7. The van der Waals surface area contributed by atoms with Crippen molar-refractivity contribution in [2.45, 2.75) is 37.1 Å². The maximum Gasteiger partial charge on any atom is 0.348 e. The SMILES string of the molecule is CCOC(=O)c1cc2cc(S(=O)(=O)N3CCCCC3C(=O)O)ccc2s1. The molecule has 1 aliphatic rings. The van der Waals surface area contributed by atoms with Crippen LogP contribution in [0.3, 0.4) is 0 Å². The Kier molecular flexibility index (Phi) is 5.31. The first-order chi connectivity index (χ1) is 12.3. The van der Waals surface area contributed by atoms with Crippen LogP contribution >= 0.6 is 11.3 Å². The molecule has 0 spiro atoms. The van der Waals surface area contributed by atoms with Gasteiger partial charge in [-0.15, -0.1) is 11.3 Å². The molecule has 1 atom stereocenters. The summed E-state index contributed by atoms with van der Waals surface area (Å²) in [6.07, 6.45) is 1.63. The van der Waals surface area contributed by atoms with Gasteiger partial charge in [-0.1, -0.05) is 0 Å². The fourth-order valence-electron chi connectivity index (χ4n) is 3.06. The Morgan fingerprint density at radius 1 is 1.31 bits per heavy atom. The Labute approximate surface area is 155 Å². The van der Waals surface area contributed by atoms with E-state index in [1.807, 2.05) is 0 Å². The number of benzene rings is 1. The minimum atomic E-state index is -3.93. The van der Waals surface area contributed by atoms with Gasteiger partial charge in [0.25, 0.3) is 0 Å². The van der Waals surface area contributed by atoms with Gasteiger partial charge in [-0.05, 0) is 55.8 Å². The molecule has 26 heavy (non-hydrogen) atoms. The lowest BCUT2D eigenvalue weighted by atomic mass is 10.1. The van der Waals surface area contributed by atoms with Crippen molar-refractivity contribution in [1.82, 2.24) is 4.31 Å². The number of hydrogen-bond donors (Lipinski definition) is 1. The van der Waals surface area contributed by atoms with Crippen molar-refractivity contribution in [1.29, 1.82) is 0 Å². The summed E-state index contributed by atoms with van der Waals surface area (Å²) >= 11 is 1.23. The molecular formula is C17H19NO6S2. The number of aliphatic carboxylic acids is 1. The van der Waals surface area contributed by atoms with Gasteiger partial charge in [0.1, 0.15) is 10.9 Å². The largest absolute Gasteiger partial charge is 0.480 e. The fourth-order valence-corrected chi connectivity index (χ4v) is 5.68. The molecule has 0 bridgehead atoms. The van der Waals surface area contributed by atoms with E-state index in [4.69, 9.17) is 4.74 Å². The van der Waals surface area contributed by atoms with E-state index < -0.39 is 28.0 Å². The van der Waals surface area contributed by atoms with Gasteiger partial charge in [0, 0.05) is 11.2 Å². The molecule has 1 fully saturated rings. The van der Waals surface area contributed by atoms with Crippen molar-refractivity contribution < 1.29 is 27.9 Å². The number of hydrogen-bond acceptors (Lipinski definition) is 6. The standard InChI is InChI=1S/C17H19NO6S2/c1-2-24-17(21)15-10-11-9-12(6-7-14(11)25-15)26(22,23)18-8-4-3-5-13(18)16(19)20/h6-7,9-10,13H,2-5,8H2,1H3,(H,19,20). The van der Waals surface area contributed by atoms with E-state index in [9.17, 15) is 23.1 Å². The minimum Gasteiger partial charge on any atom is -0.480 e. The number of fused-ring (bicyclic) bond motifs is 1. The van der Waals surface area contributed by atoms with Crippen LogP contribution in [0.2, 0.25) is 0 Å². The summed E-state index contributed by atoms with van der Waals surface area (Å²) in [5.41, 5.74) is 0. The zero-order chi connectivity index (χ0) is 18.9. The number of sulfonamides is 1. The Morgan fingerprint density at radius 2 is 2.08 bits per heavy atom. The Balaban J connectivity index is 1.98. The third-order valence-corrected chi connectivity index (χ3v) is 7.31. The first-order valence-electron chi connectivity index (χ1n) is 8.30. The molecule has 3 rings (SSSR count). The van der Waals surface area contributed by atoms with Crippen LogP contribution in [0.4, 0.5) is 0 Å². The minimum absolute atomic E-state index is 0.0337. The number of carboxylic acid groups (broad SMARTS) is 1. The molecule has 140 valence electrons. The average molecular weight is 397 g/mol. The van der Waals surface area contributed by atoms with Gasteiger partial charge >= 0.3 is 11.9 Å². The van der Waals surface area contributed by atoms with E-state index in [-0.39, 0.29) is 18.0 Å². The summed E-state index contributed by atoms with van der Waals surface area (Å²) in [6, 6.07) is 5.13. The Morgan fingerprint density at radius 3 is 2.77 bits per heavy atom. The molecular weight excluding hydrogens is 378 g/mol. The van der Waals surface area contributed by atoms with Crippen LogP contribution in [-0.2, 0) is 19.6 Å². The molecule has 1 aromatic carbocycles. The lowest BCUT2D eigenvalue weighted by Gasteiger charge is -2.31. The smallest absolute Gasteiger partial charge is 0.348 e. The van der Waals surface area contributed by atoms with Crippen LogP contribution < -0.4 is 0 Å². The number of thiophene rings is 1. The third-order valence-electron chi connectivity index (χ3n) is 4.31. The number of nitrogens with zero attached hydrogens (tertiary/aromatic N) is 1. The predicted octanol–water partition coefficient (Wildman–Crippen LogP) is 2.71. The van der Waals surface area contributed by atoms with Gasteiger partial charge in [-0.25, -0.2) is 13.2 Å². The van der Waals surface area contributed by atoms with Crippen LogP contribution in [0.1, 0.15) is 35.9 Å². The lowest BCUT2D eigenvalue weighted by molar-refractivity contribution is -0.142. The van der Waals surface area contributed by atoms with Gasteiger partial charge in [0.2, 0.25) is 10.0 Å². The third kappa shape index (κ3) is 3.46. The summed E-state index contributed by atoms with van der Waals surface area (Å²) in [5.74, 6) is -1.57. The second-order valence-electron chi connectivity index (χ2n) is 6.00. The van der Waals surface area contributed by atoms with E-state index in [0.29, 0.717) is 29.5 Å². The van der Waals surface area contributed by atoms with Gasteiger partial charge in [-0.3, -0.25) is 4.79 Å². The zero-order valence-corrected chi connectivity index (χ0v) is 15.8. The highest BCUT2D eigenvalue weighted by molar-refractivity contribution is 7.89. The van der Waals surface area contributed by atoms with Gasteiger partial charge in [-0.2, -0.15) is 4.31 Å². The highest BCUT2D eigenvalue weighted by Gasteiger charge is 2.37. The van der Waals surface area contributed by atoms with Gasteiger partial charge in [0.15, 0.2) is 0 Å². The monoisotopic (exact) mass is 397 g/mol. The van der Waals surface area contributed by atoms with E-state index in [2.05, 4.69) is 0 Å². The van der Waals surface area contributed by atoms with E-state index in [1.54, 1.807) is 19.1 Å². The molecule has 1 aromatic heterocycles. The van der Waals surface area contributed by atoms with Crippen molar-refractivity contribution in [2.75, 3.05) is 13.2 Å². The number of carboxylic acids is 1. The quantitative estimate of drug-likeness (QED) is 0.779. The van der Waals surface area contributed by atoms with Crippen molar-refractivity contribution >= 4 is 43.4 Å². The van der Waals surface area contributed by atoms with E-state index >= 15 is 0 Å². The molecule has 1 unspecified atom stereocenters. The molecule has 0 radical (unpaired) electrons. The van der Waals surface area contributed by atoms with E-state index in [0.717, 1.165) is 9.01 Å². The average Bonchev–Trinajstić information content (AvgIpc) is 3.05. The fraction of sp³-hybridized carbons (Fsp3) is 0.412. The maximum atomic E-state index is 13.0. The molecule has 0 saturated carbocycles. The molecule has 2 heterocycles. The second-order valence-corrected chi connectivity index (χ2v) is 8.97. The lowest BCUT2D eigenvalue weighted by Crippen LogP contribution is -2.47. The number of ether oxygens (including phenoxy) is 1. The molecule has 2 aromatic rings. The second kappa shape index (κ2) is 7.34. The summed E-state index contributed by atoms with van der Waals surface area (Å²) in [7, 11) is -3.93. The normalized spacial score (nSPS) is 18.7. The summed E-state index contributed by atoms with van der Waals surface area (Å²) in [4.78, 5) is 23.7. The maximum absolute atomic E-state index is 13.0. The molecule has 1 aliphatic heterocycles. The van der Waals surface area contributed by atoms with Crippen LogP contribution in [0.25, 0.3) is 10.1 Å². The number of rotatable bonds is 5. The molecule has 7 nitrogen and oxygen atoms in total. The van der Waals surface area contributed by atoms with Crippen molar-refractivity contribution in [3.05, 3.63) is 29.1 Å². The number of esters is 1. The predicted molar refractivity (Wildman–Crippen MR) is 96.9 cm³/mol. The number of carbonyl (C=O) groups is 2. The first kappa shape index (κ1) is 18.8. The number of carbonyl (C=O) groups excluding carboxylic acids is 1. The topological polar surface area (TPSA) is 101 Å². The Bertz CT molecular complexity index is 949. The van der Waals surface area contributed by atoms with Crippen LogP contribution in [0.5, 0.6) is 0 Å². The summed E-state index contributed by atoms with van der Waals surface area (Å²) in [6.45, 7) is 2.17. The molecule has 1 saturated heterocycles. The van der Waals surface area contributed by atoms with Crippen LogP contribution in [0.15, 0.2) is 29.2 Å². The van der Waals surface area contributed by atoms with Crippen molar-refractivity contribution in [2.24, 2.45) is 0 Å². The van der Waals surface area contributed by atoms with Crippen LogP contribution in [-0.4, -0.2) is 49.0 Å². The number of piperidine rings is 1. The molecule has 0 aliphatic carbocycles. The molecule has 0 amide bonds. The van der Waals surface area contributed by atoms with E-state index in [1.165, 1.54) is 23.5 Å². The zero-order valence-electron chi connectivity index (χ0n) is 14.2. The highest BCUT2D eigenvalue weighted by atomic mass is 32.2. The molecule has 1 N–H and O–H groups in total. The Hall–Kier alpha value is -1.97.